The van der Waals surface area contributed by atoms with Crippen LogP contribution in [0.15, 0.2) is 164 Å². The summed E-state index contributed by atoms with van der Waals surface area (Å²) in [7, 11) is 0. The van der Waals surface area contributed by atoms with Gasteiger partial charge in [0.15, 0.2) is 0 Å². The van der Waals surface area contributed by atoms with Gasteiger partial charge in [-0.25, -0.2) is 0 Å². The van der Waals surface area contributed by atoms with Crippen LogP contribution in [0.25, 0.3) is 54.9 Å². The standard InChI is InChI=1S/C52H47N/c1-51(2,3)38-27-29-43-45(32-38)49(35-15-9-7-10-16-35)42-28-26-39(52(4,5)6)33-46(42)50(43)36-23-21-34(22-24-36)37-25-30-48-44(31-37)41-19-13-14-20-47(41)53(48)40-17-11-8-12-18-40/h7-33,41,47H,1-6H3. The van der Waals surface area contributed by atoms with Crippen LogP contribution in [-0.4, -0.2) is 6.04 Å². The summed E-state index contributed by atoms with van der Waals surface area (Å²) in [4.78, 5) is 2.50. The molecule has 0 saturated heterocycles. The first kappa shape index (κ1) is 33.2. The maximum absolute atomic E-state index is 2.50. The lowest BCUT2D eigenvalue weighted by Crippen LogP contribution is -2.28. The zero-order valence-corrected chi connectivity index (χ0v) is 31.7. The molecule has 1 aliphatic heterocycles. The summed E-state index contributed by atoms with van der Waals surface area (Å²) in [5, 5.41) is 5.21. The van der Waals surface area contributed by atoms with E-state index < -0.39 is 0 Å². The Balaban J connectivity index is 1.22. The molecule has 0 radical (unpaired) electrons. The first-order chi connectivity index (χ1) is 25.6. The van der Waals surface area contributed by atoms with E-state index in [2.05, 4.69) is 210 Å². The van der Waals surface area contributed by atoms with E-state index in [0.717, 1.165) is 0 Å². The van der Waals surface area contributed by atoms with Crippen molar-refractivity contribution in [3.05, 3.63) is 181 Å². The number of fused-ring (bicyclic) bond motifs is 5. The lowest BCUT2D eigenvalue weighted by atomic mass is 9.79. The van der Waals surface area contributed by atoms with Gasteiger partial charge in [0.1, 0.15) is 0 Å². The molecular weight excluding hydrogens is 639 g/mol. The number of allylic oxidation sites excluding steroid dienone is 2. The van der Waals surface area contributed by atoms with E-state index in [4.69, 9.17) is 0 Å². The lowest BCUT2D eigenvalue weighted by molar-refractivity contribution is 0.590. The van der Waals surface area contributed by atoms with Gasteiger partial charge in [0.25, 0.3) is 0 Å². The van der Waals surface area contributed by atoms with Crippen molar-refractivity contribution in [2.24, 2.45) is 0 Å². The maximum Gasteiger partial charge on any atom is 0.0629 e. The van der Waals surface area contributed by atoms with E-state index in [1.807, 2.05) is 0 Å². The molecule has 2 unspecified atom stereocenters. The number of hydrogen-bond acceptors (Lipinski definition) is 1. The van der Waals surface area contributed by atoms with Crippen molar-refractivity contribution < 1.29 is 0 Å². The Morgan fingerprint density at radius 3 is 1.53 bits per heavy atom. The van der Waals surface area contributed by atoms with E-state index >= 15 is 0 Å². The van der Waals surface area contributed by atoms with Crippen LogP contribution in [0.2, 0.25) is 0 Å². The number of anilines is 2. The molecule has 1 heterocycles. The molecule has 2 atom stereocenters. The molecule has 0 amide bonds. The molecule has 2 aliphatic rings. The molecule has 0 aromatic heterocycles. The van der Waals surface area contributed by atoms with Crippen molar-refractivity contribution in [2.75, 3.05) is 4.90 Å². The fraction of sp³-hybridized carbons (Fsp3) is 0.192. The van der Waals surface area contributed by atoms with Crippen LogP contribution in [0.5, 0.6) is 0 Å². The molecular formula is C52H47N. The normalized spacial score (nSPS) is 16.7. The van der Waals surface area contributed by atoms with Crippen molar-refractivity contribution in [1.29, 1.82) is 0 Å². The van der Waals surface area contributed by atoms with Gasteiger partial charge in [-0.15, -0.1) is 0 Å². The average molecular weight is 686 g/mol. The van der Waals surface area contributed by atoms with E-state index in [1.54, 1.807) is 0 Å². The lowest BCUT2D eigenvalue weighted by Gasteiger charge is -2.28. The predicted molar refractivity (Wildman–Crippen MR) is 229 cm³/mol. The molecule has 0 spiro atoms. The van der Waals surface area contributed by atoms with Crippen molar-refractivity contribution in [1.82, 2.24) is 0 Å². The summed E-state index contributed by atoms with van der Waals surface area (Å²) in [6.07, 6.45) is 9.11. The Hall–Kier alpha value is -5.66. The minimum Gasteiger partial charge on any atom is -0.333 e. The second-order valence-electron chi connectivity index (χ2n) is 17.0. The second kappa shape index (κ2) is 12.5. The second-order valence-corrected chi connectivity index (χ2v) is 17.0. The van der Waals surface area contributed by atoms with Gasteiger partial charge in [-0.05, 0) is 119 Å². The molecule has 9 rings (SSSR count). The average Bonchev–Trinajstić information content (AvgIpc) is 3.50. The third kappa shape index (κ3) is 5.71. The quantitative estimate of drug-likeness (QED) is 0.167. The third-order valence-corrected chi connectivity index (χ3v) is 11.5. The van der Waals surface area contributed by atoms with Crippen LogP contribution < -0.4 is 4.90 Å². The van der Waals surface area contributed by atoms with Crippen molar-refractivity contribution in [3.63, 3.8) is 0 Å². The smallest absolute Gasteiger partial charge is 0.0629 e. The first-order valence-electron chi connectivity index (χ1n) is 19.1. The maximum atomic E-state index is 2.50. The van der Waals surface area contributed by atoms with E-state index in [-0.39, 0.29) is 16.9 Å². The van der Waals surface area contributed by atoms with Gasteiger partial charge in [0.05, 0.1) is 6.04 Å². The topological polar surface area (TPSA) is 3.24 Å². The molecule has 0 bridgehead atoms. The molecule has 0 fully saturated rings. The summed E-state index contributed by atoms with van der Waals surface area (Å²) in [5.41, 5.74) is 14.3. The van der Waals surface area contributed by atoms with Crippen LogP contribution in [0.3, 0.4) is 0 Å². The number of nitrogens with zero attached hydrogens (tertiary/aromatic N) is 1. The van der Waals surface area contributed by atoms with E-state index in [0.29, 0.717) is 5.92 Å². The molecule has 7 aromatic rings. The molecule has 1 aliphatic carbocycles. The van der Waals surface area contributed by atoms with Gasteiger partial charge in [-0.2, -0.15) is 0 Å². The molecule has 7 aromatic carbocycles. The highest BCUT2D eigenvalue weighted by Crippen LogP contribution is 2.50. The third-order valence-electron chi connectivity index (χ3n) is 11.5. The Kier molecular flexibility index (Phi) is 7.82. The van der Waals surface area contributed by atoms with Gasteiger partial charge in [0, 0.05) is 17.3 Å². The fourth-order valence-corrected chi connectivity index (χ4v) is 8.63. The summed E-state index contributed by atoms with van der Waals surface area (Å²) >= 11 is 0. The summed E-state index contributed by atoms with van der Waals surface area (Å²) in [6, 6.07) is 52.9. The van der Waals surface area contributed by atoms with Gasteiger partial charge < -0.3 is 4.90 Å². The Morgan fingerprint density at radius 2 is 0.943 bits per heavy atom. The molecule has 1 heteroatoms. The fourth-order valence-electron chi connectivity index (χ4n) is 8.63. The Labute approximate surface area is 315 Å². The van der Waals surface area contributed by atoms with Crippen molar-refractivity contribution in [3.8, 4) is 33.4 Å². The molecule has 0 N–H and O–H groups in total. The molecule has 53 heavy (non-hydrogen) atoms. The summed E-state index contributed by atoms with van der Waals surface area (Å²) in [5.74, 6) is 0.324. The van der Waals surface area contributed by atoms with Gasteiger partial charge in [0.2, 0.25) is 0 Å². The van der Waals surface area contributed by atoms with Gasteiger partial charge >= 0.3 is 0 Å². The highest BCUT2D eigenvalue weighted by molar-refractivity contribution is 6.21. The highest BCUT2D eigenvalue weighted by atomic mass is 15.2. The monoisotopic (exact) mass is 685 g/mol. The number of hydrogen-bond donors (Lipinski definition) is 0. The Bertz CT molecular complexity index is 2560. The van der Waals surface area contributed by atoms with Crippen LogP contribution in [0, 0.1) is 0 Å². The number of para-hydroxylation sites is 1. The first-order valence-corrected chi connectivity index (χ1v) is 19.1. The predicted octanol–water partition coefficient (Wildman–Crippen LogP) is 14.3. The van der Waals surface area contributed by atoms with Gasteiger partial charge in [-0.1, -0.05) is 169 Å². The van der Waals surface area contributed by atoms with Crippen LogP contribution in [0.4, 0.5) is 11.4 Å². The zero-order valence-electron chi connectivity index (χ0n) is 31.7. The van der Waals surface area contributed by atoms with Crippen LogP contribution >= 0.6 is 0 Å². The molecule has 1 nitrogen and oxygen atoms in total. The minimum absolute atomic E-state index is 0.0270. The largest absolute Gasteiger partial charge is 0.333 e. The number of rotatable bonds is 4. The molecule has 260 valence electrons. The highest BCUT2D eigenvalue weighted by Gasteiger charge is 2.37. The SMILES string of the molecule is CC(C)(C)c1ccc2c(-c3ccc(-c4ccc5c(c4)C4C=CC=CC4N5c4ccccc4)cc3)c3cc(C(C)(C)C)ccc3c(-c3ccccc3)c2c1. The minimum atomic E-state index is 0.0270. The Morgan fingerprint density at radius 1 is 0.434 bits per heavy atom. The molecule has 0 saturated carbocycles. The van der Waals surface area contributed by atoms with Crippen LogP contribution in [0.1, 0.15) is 64.2 Å². The van der Waals surface area contributed by atoms with Gasteiger partial charge in [-0.3, -0.25) is 0 Å². The van der Waals surface area contributed by atoms with Crippen molar-refractivity contribution >= 4 is 32.9 Å². The summed E-state index contributed by atoms with van der Waals surface area (Å²) < 4.78 is 0. The number of benzene rings is 7. The van der Waals surface area contributed by atoms with Crippen molar-refractivity contribution in [2.45, 2.75) is 64.3 Å². The summed E-state index contributed by atoms with van der Waals surface area (Å²) in [6.45, 7) is 13.9. The van der Waals surface area contributed by atoms with E-state index in [9.17, 15) is 0 Å². The zero-order chi connectivity index (χ0) is 36.5. The van der Waals surface area contributed by atoms with E-state index in [1.165, 1.54) is 83.0 Å². The van der Waals surface area contributed by atoms with Crippen LogP contribution in [-0.2, 0) is 10.8 Å².